The van der Waals surface area contributed by atoms with Gasteiger partial charge in [0, 0.05) is 0 Å². The summed E-state index contributed by atoms with van der Waals surface area (Å²) in [6.07, 6.45) is 3.62. The summed E-state index contributed by atoms with van der Waals surface area (Å²) in [5.74, 6) is 1.35. The summed E-state index contributed by atoms with van der Waals surface area (Å²) in [5.41, 5.74) is 0. The van der Waals surface area contributed by atoms with Crippen LogP contribution in [0.5, 0.6) is 0 Å². The summed E-state index contributed by atoms with van der Waals surface area (Å²) in [7, 11) is 0. The zero-order chi connectivity index (χ0) is 11.5. The maximum absolute atomic E-state index is 11.8. The van der Waals surface area contributed by atoms with E-state index in [2.05, 4.69) is 15.6 Å². The van der Waals surface area contributed by atoms with Gasteiger partial charge in [-0.1, -0.05) is 0 Å². The predicted octanol–water partition coefficient (Wildman–Crippen LogP) is 0.912. The third kappa shape index (κ3) is 2.41. The van der Waals surface area contributed by atoms with Crippen molar-refractivity contribution in [3.05, 3.63) is 17.8 Å². The van der Waals surface area contributed by atoms with E-state index in [-0.39, 0.29) is 18.0 Å². The number of amides is 1. The van der Waals surface area contributed by atoms with Gasteiger partial charge >= 0.3 is 0 Å². The molecule has 5 nitrogen and oxygen atoms in total. The smallest absolute Gasteiger partial charge is 0.237 e. The maximum atomic E-state index is 11.8. The van der Waals surface area contributed by atoms with Gasteiger partial charge in [0.2, 0.25) is 11.8 Å². The molecule has 2 atom stereocenters. The molecule has 16 heavy (non-hydrogen) atoms. The summed E-state index contributed by atoms with van der Waals surface area (Å²) >= 11 is 0. The van der Waals surface area contributed by atoms with E-state index in [0.717, 1.165) is 25.1 Å². The molecule has 2 N–H and O–H groups in total. The first-order valence-electron chi connectivity index (χ1n) is 5.63. The second-order valence-electron chi connectivity index (χ2n) is 4.19. The van der Waals surface area contributed by atoms with Gasteiger partial charge in [0.15, 0.2) is 0 Å². The zero-order valence-corrected chi connectivity index (χ0v) is 9.62. The topological polar surface area (TPSA) is 67.2 Å². The maximum Gasteiger partial charge on any atom is 0.237 e. The molecule has 1 aromatic rings. The number of aryl methyl sites for hydroxylation is 1. The number of hydrogen-bond acceptors (Lipinski definition) is 4. The fourth-order valence-electron chi connectivity index (χ4n) is 1.86. The highest BCUT2D eigenvalue weighted by atomic mass is 16.4. The lowest BCUT2D eigenvalue weighted by molar-refractivity contribution is -0.123. The molecule has 88 valence electrons. The quantitative estimate of drug-likeness (QED) is 0.799. The van der Waals surface area contributed by atoms with E-state index < -0.39 is 0 Å². The van der Waals surface area contributed by atoms with Crippen molar-refractivity contribution in [3.8, 4) is 0 Å². The first kappa shape index (κ1) is 11.1. The van der Waals surface area contributed by atoms with Crippen LogP contribution in [0.2, 0.25) is 0 Å². The number of carbonyl (C=O) groups is 1. The van der Waals surface area contributed by atoms with Crippen molar-refractivity contribution in [2.75, 3.05) is 6.54 Å². The van der Waals surface area contributed by atoms with Gasteiger partial charge in [0.1, 0.15) is 11.8 Å². The van der Waals surface area contributed by atoms with E-state index in [1.54, 1.807) is 6.20 Å². The average molecular weight is 223 g/mol. The van der Waals surface area contributed by atoms with E-state index >= 15 is 0 Å². The molecule has 1 saturated heterocycles. The standard InChI is InChI=1S/C11H17N3O2/c1-7-6-13-11(16-7)8(2)14-10(15)9-4-3-5-12-9/h6,8-9,12H,3-5H2,1-2H3,(H,14,15). The molecule has 1 aliphatic rings. The van der Waals surface area contributed by atoms with Crippen LogP contribution in [-0.4, -0.2) is 23.5 Å². The third-order valence-electron chi connectivity index (χ3n) is 2.75. The molecule has 2 rings (SSSR count). The highest BCUT2D eigenvalue weighted by Crippen LogP contribution is 2.13. The lowest BCUT2D eigenvalue weighted by atomic mass is 10.2. The molecule has 1 aliphatic heterocycles. The number of oxazole rings is 1. The van der Waals surface area contributed by atoms with E-state index in [1.165, 1.54) is 0 Å². The van der Waals surface area contributed by atoms with Crippen LogP contribution >= 0.6 is 0 Å². The SMILES string of the molecule is Cc1cnc(C(C)NC(=O)C2CCCN2)o1. The molecule has 0 radical (unpaired) electrons. The number of aromatic nitrogens is 1. The van der Waals surface area contributed by atoms with Gasteiger partial charge < -0.3 is 15.1 Å². The van der Waals surface area contributed by atoms with Gasteiger partial charge in [0.25, 0.3) is 0 Å². The van der Waals surface area contributed by atoms with E-state index in [1.807, 2.05) is 13.8 Å². The van der Waals surface area contributed by atoms with E-state index in [9.17, 15) is 4.79 Å². The summed E-state index contributed by atoms with van der Waals surface area (Å²) in [4.78, 5) is 15.9. The van der Waals surface area contributed by atoms with Crippen LogP contribution in [0, 0.1) is 6.92 Å². The minimum atomic E-state index is -0.177. The minimum Gasteiger partial charge on any atom is -0.444 e. The fourth-order valence-corrected chi connectivity index (χ4v) is 1.86. The Morgan fingerprint density at radius 2 is 2.56 bits per heavy atom. The van der Waals surface area contributed by atoms with Crippen molar-refractivity contribution in [1.29, 1.82) is 0 Å². The first-order valence-corrected chi connectivity index (χ1v) is 5.63. The van der Waals surface area contributed by atoms with Crippen molar-refractivity contribution >= 4 is 5.91 Å². The zero-order valence-electron chi connectivity index (χ0n) is 9.62. The van der Waals surface area contributed by atoms with Crippen molar-refractivity contribution in [3.63, 3.8) is 0 Å². The molecule has 0 spiro atoms. The van der Waals surface area contributed by atoms with Crippen LogP contribution in [-0.2, 0) is 4.79 Å². The Hall–Kier alpha value is -1.36. The van der Waals surface area contributed by atoms with Gasteiger partial charge in [-0.25, -0.2) is 4.98 Å². The molecule has 0 saturated carbocycles. The monoisotopic (exact) mass is 223 g/mol. The van der Waals surface area contributed by atoms with Crippen LogP contribution < -0.4 is 10.6 Å². The number of nitrogens with one attached hydrogen (secondary N) is 2. The Balaban J connectivity index is 1.91. The lowest BCUT2D eigenvalue weighted by Crippen LogP contribution is -2.41. The highest BCUT2D eigenvalue weighted by molar-refractivity contribution is 5.82. The Morgan fingerprint density at radius 3 is 3.12 bits per heavy atom. The van der Waals surface area contributed by atoms with Crippen molar-refractivity contribution in [2.45, 2.75) is 38.8 Å². The summed E-state index contributed by atoms with van der Waals surface area (Å²) < 4.78 is 5.36. The molecule has 0 aliphatic carbocycles. The normalized spacial score (nSPS) is 22.0. The molecule has 1 fully saturated rings. The van der Waals surface area contributed by atoms with Crippen LogP contribution in [0.1, 0.15) is 37.5 Å². The van der Waals surface area contributed by atoms with Gasteiger partial charge in [-0.05, 0) is 33.2 Å². The van der Waals surface area contributed by atoms with Crippen LogP contribution in [0.15, 0.2) is 10.6 Å². The second-order valence-corrected chi connectivity index (χ2v) is 4.19. The molecule has 1 amide bonds. The number of nitrogens with zero attached hydrogens (tertiary/aromatic N) is 1. The fraction of sp³-hybridized carbons (Fsp3) is 0.636. The van der Waals surface area contributed by atoms with Gasteiger partial charge in [-0.3, -0.25) is 4.79 Å². The summed E-state index contributed by atoms with van der Waals surface area (Å²) in [5, 5.41) is 6.05. The number of carbonyl (C=O) groups excluding carboxylic acids is 1. The van der Waals surface area contributed by atoms with Crippen LogP contribution in [0.25, 0.3) is 0 Å². The molecule has 0 bridgehead atoms. The van der Waals surface area contributed by atoms with Crippen molar-refractivity contribution in [2.24, 2.45) is 0 Å². The Morgan fingerprint density at radius 1 is 1.75 bits per heavy atom. The summed E-state index contributed by atoms with van der Waals surface area (Å²) in [6, 6.07) is -0.234. The lowest BCUT2D eigenvalue weighted by Gasteiger charge is -2.14. The second kappa shape index (κ2) is 4.65. The molecule has 5 heteroatoms. The van der Waals surface area contributed by atoms with Gasteiger partial charge in [-0.15, -0.1) is 0 Å². The van der Waals surface area contributed by atoms with E-state index in [4.69, 9.17) is 4.42 Å². The molecule has 0 aromatic carbocycles. The average Bonchev–Trinajstić information content (AvgIpc) is 2.87. The molecule has 2 unspecified atom stereocenters. The van der Waals surface area contributed by atoms with Crippen LogP contribution in [0.4, 0.5) is 0 Å². The van der Waals surface area contributed by atoms with Crippen LogP contribution in [0.3, 0.4) is 0 Å². The molecule has 2 heterocycles. The highest BCUT2D eigenvalue weighted by Gasteiger charge is 2.24. The number of hydrogen-bond donors (Lipinski definition) is 2. The van der Waals surface area contributed by atoms with Crippen molar-refractivity contribution < 1.29 is 9.21 Å². The Kier molecular flexibility index (Phi) is 3.24. The minimum absolute atomic E-state index is 0.0286. The van der Waals surface area contributed by atoms with Gasteiger partial charge in [-0.2, -0.15) is 0 Å². The van der Waals surface area contributed by atoms with Gasteiger partial charge in [0.05, 0.1) is 12.2 Å². The molecule has 1 aromatic heterocycles. The Bertz CT molecular complexity index is 369. The largest absolute Gasteiger partial charge is 0.444 e. The predicted molar refractivity (Wildman–Crippen MR) is 58.8 cm³/mol. The molecular formula is C11H17N3O2. The third-order valence-corrected chi connectivity index (χ3v) is 2.75. The first-order chi connectivity index (χ1) is 7.66. The number of rotatable bonds is 3. The Labute approximate surface area is 94.6 Å². The van der Waals surface area contributed by atoms with E-state index in [0.29, 0.717) is 5.89 Å². The summed E-state index contributed by atoms with van der Waals surface area (Å²) in [6.45, 7) is 4.63. The van der Waals surface area contributed by atoms with Crippen molar-refractivity contribution in [1.82, 2.24) is 15.6 Å². The molecular weight excluding hydrogens is 206 g/mol.